The molecule has 3 aromatic carbocycles. The fourth-order valence-electron chi connectivity index (χ4n) is 3.71. The minimum absolute atomic E-state index is 0.00562. The molecule has 5 heteroatoms. The summed E-state index contributed by atoms with van der Waals surface area (Å²) in [6.45, 7) is 0.424. The zero-order valence-corrected chi connectivity index (χ0v) is 16.7. The SMILES string of the molecule is COc1ccc(CN(C)C(=O)C2c3ccccc3Oc3ccccc32)c(OC)c1. The number of benzene rings is 3. The summed E-state index contributed by atoms with van der Waals surface area (Å²) in [5, 5.41) is 0. The molecule has 1 aliphatic rings. The molecule has 0 saturated heterocycles. The third-order valence-electron chi connectivity index (χ3n) is 5.20. The number of methoxy groups -OCH3 is 2. The lowest BCUT2D eigenvalue weighted by atomic mass is 9.87. The third kappa shape index (κ3) is 3.51. The molecule has 0 atom stereocenters. The topological polar surface area (TPSA) is 48.0 Å². The molecule has 0 radical (unpaired) electrons. The van der Waals surface area contributed by atoms with E-state index in [1.807, 2.05) is 73.8 Å². The molecule has 0 aromatic heterocycles. The molecule has 0 unspecified atom stereocenters. The molecule has 4 rings (SSSR count). The van der Waals surface area contributed by atoms with Crippen LogP contribution in [0.25, 0.3) is 0 Å². The van der Waals surface area contributed by atoms with E-state index in [4.69, 9.17) is 14.2 Å². The average molecular weight is 389 g/mol. The monoisotopic (exact) mass is 389 g/mol. The van der Waals surface area contributed by atoms with Crippen LogP contribution in [0.15, 0.2) is 66.7 Å². The highest BCUT2D eigenvalue weighted by Gasteiger charge is 2.34. The van der Waals surface area contributed by atoms with Crippen molar-refractivity contribution < 1.29 is 19.0 Å². The largest absolute Gasteiger partial charge is 0.497 e. The van der Waals surface area contributed by atoms with Crippen LogP contribution < -0.4 is 14.2 Å². The summed E-state index contributed by atoms with van der Waals surface area (Å²) in [7, 11) is 5.04. The Balaban J connectivity index is 1.66. The maximum atomic E-state index is 13.6. The fourth-order valence-corrected chi connectivity index (χ4v) is 3.71. The Morgan fingerprint density at radius 1 is 0.931 bits per heavy atom. The van der Waals surface area contributed by atoms with Gasteiger partial charge in [0, 0.05) is 36.3 Å². The van der Waals surface area contributed by atoms with E-state index in [9.17, 15) is 4.79 Å². The highest BCUT2D eigenvalue weighted by Crippen LogP contribution is 2.44. The van der Waals surface area contributed by atoms with Gasteiger partial charge in [-0.1, -0.05) is 36.4 Å². The number of likely N-dealkylation sites (N-methyl/N-ethyl adjacent to an activating group) is 1. The molecule has 0 saturated carbocycles. The zero-order valence-electron chi connectivity index (χ0n) is 16.7. The van der Waals surface area contributed by atoms with Crippen molar-refractivity contribution in [1.82, 2.24) is 4.90 Å². The first-order chi connectivity index (χ1) is 14.1. The van der Waals surface area contributed by atoms with E-state index in [1.165, 1.54) is 0 Å². The lowest BCUT2D eigenvalue weighted by Crippen LogP contribution is -2.33. The molecule has 1 heterocycles. The van der Waals surface area contributed by atoms with Crippen molar-refractivity contribution in [2.24, 2.45) is 0 Å². The van der Waals surface area contributed by atoms with E-state index >= 15 is 0 Å². The summed E-state index contributed by atoms with van der Waals surface area (Å²) < 4.78 is 16.8. The molecule has 5 nitrogen and oxygen atoms in total. The van der Waals surface area contributed by atoms with Crippen LogP contribution in [-0.4, -0.2) is 32.1 Å². The van der Waals surface area contributed by atoms with Crippen molar-refractivity contribution in [3.05, 3.63) is 83.4 Å². The Labute approximate surface area is 170 Å². The molecule has 0 aliphatic carbocycles. The van der Waals surface area contributed by atoms with E-state index in [-0.39, 0.29) is 5.91 Å². The summed E-state index contributed by atoms with van der Waals surface area (Å²) in [5.74, 6) is 2.44. The van der Waals surface area contributed by atoms with Crippen LogP contribution in [-0.2, 0) is 11.3 Å². The second-order valence-electron chi connectivity index (χ2n) is 6.98. The summed E-state index contributed by atoms with van der Waals surface area (Å²) in [5.41, 5.74) is 2.67. The zero-order chi connectivity index (χ0) is 20.4. The molecule has 1 aliphatic heterocycles. The van der Waals surface area contributed by atoms with Crippen molar-refractivity contribution in [2.45, 2.75) is 12.5 Å². The van der Waals surface area contributed by atoms with Gasteiger partial charge < -0.3 is 19.1 Å². The Morgan fingerprint density at radius 3 is 2.14 bits per heavy atom. The van der Waals surface area contributed by atoms with Crippen molar-refractivity contribution in [3.8, 4) is 23.0 Å². The van der Waals surface area contributed by atoms with Crippen molar-refractivity contribution in [2.75, 3.05) is 21.3 Å². The normalized spacial score (nSPS) is 12.4. The fraction of sp³-hybridized carbons (Fsp3) is 0.208. The second kappa shape index (κ2) is 7.87. The van der Waals surface area contributed by atoms with Crippen LogP contribution in [0, 0.1) is 0 Å². The van der Waals surface area contributed by atoms with Crippen LogP contribution in [0.5, 0.6) is 23.0 Å². The van der Waals surface area contributed by atoms with Crippen LogP contribution in [0.4, 0.5) is 0 Å². The number of carbonyl (C=O) groups excluding carboxylic acids is 1. The van der Waals surface area contributed by atoms with Crippen LogP contribution in [0.2, 0.25) is 0 Å². The van der Waals surface area contributed by atoms with E-state index < -0.39 is 5.92 Å². The van der Waals surface area contributed by atoms with Crippen LogP contribution >= 0.6 is 0 Å². The number of amides is 1. The number of hydrogen-bond donors (Lipinski definition) is 0. The van der Waals surface area contributed by atoms with Gasteiger partial charge in [0.1, 0.15) is 23.0 Å². The Kier molecular flexibility index (Phi) is 5.12. The van der Waals surface area contributed by atoms with E-state index in [2.05, 4.69) is 0 Å². The van der Waals surface area contributed by atoms with Crippen molar-refractivity contribution in [1.29, 1.82) is 0 Å². The van der Waals surface area contributed by atoms with Gasteiger partial charge in [0.25, 0.3) is 0 Å². The molecule has 0 fully saturated rings. The molecule has 0 N–H and O–H groups in total. The maximum Gasteiger partial charge on any atom is 0.234 e. The quantitative estimate of drug-likeness (QED) is 0.640. The number of nitrogens with zero attached hydrogens (tertiary/aromatic N) is 1. The van der Waals surface area contributed by atoms with E-state index in [0.29, 0.717) is 18.0 Å². The van der Waals surface area contributed by atoms with Crippen LogP contribution in [0.3, 0.4) is 0 Å². The Bertz CT molecular complexity index is 1000. The van der Waals surface area contributed by atoms with Gasteiger partial charge in [0.05, 0.1) is 20.1 Å². The molecule has 3 aromatic rings. The number of ether oxygens (including phenoxy) is 3. The van der Waals surface area contributed by atoms with Crippen molar-refractivity contribution >= 4 is 5.91 Å². The smallest absolute Gasteiger partial charge is 0.234 e. The van der Waals surface area contributed by atoms with Crippen molar-refractivity contribution in [3.63, 3.8) is 0 Å². The molecular formula is C24H23NO4. The van der Waals surface area contributed by atoms with Gasteiger partial charge >= 0.3 is 0 Å². The Morgan fingerprint density at radius 2 is 1.55 bits per heavy atom. The average Bonchev–Trinajstić information content (AvgIpc) is 2.77. The first-order valence-electron chi connectivity index (χ1n) is 9.44. The summed E-state index contributed by atoms with van der Waals surface area (Å²) in [6, 6.07) is 21.0. The molecule has 148 valence electrons. The molecule has 0 bridgehead atoms. The predicted octanol–water partition coefficient (Wildman–Crippen LogP) is 4.60. The summed E-state index contributed by atoms with van der Waals surface area (Å²) in [6.07, 6.45) is 0. The molecule has 0 spiro atoms. The minimum atomic E-state index is -0.412. The number of rotatable bonds is 5. The number of para-hydroxylation sites is 2. The third-order valence-corrected chi connectivity index (χ3v) is 5.20. The lowest BCUT2D eigenvalue weighted by molar-refractivity contribution is -0.131. The van der Waals surface area contributed by atoms with Gasteiger partial charge in [-0.3, -0.25) is 4.79 Å². The molecule has 1 amide bonds. The van der Waals surface area contributed by atoms with Gasteiger partial charge in [0.2, 0.25) is 5.91 Å². The minimum Gasteiger partial charge on any atom is -0.497 e. The van der Waals surface area contributed by atoms with Crippen LogP contribution in [0.1, 0.15) is 22.6 Å². The maximum absolute atomic E-state index is 13.6. The first-order valence-corrected chi connectivity index (χ1v) is 9.44. The van der Waals surface area contributed by atoms with Gasteiger partial charge in [-0.05, 0) is 24.3 Å². The number of fused-ring (bicyclic) bond motifs is 2. The number of hydrogen-bond acceptors (Lipinski definition) is 4. The van der Waals surface area contributed by atoms with E-state index in [1.54, 1.807) is 19.1 Å². The standard InChI is InChI=1S/C24H23NO4/c1-25(15-16-12-13-17(27-2)14-22(16)28-3)24(26)23-18-8-4-6-10-20(18)29-21-11-7-5-9-19(21)23/h4-14,23H,15H2,1-3H3. The van der Waals surface area contributed by atoms with Gasteiger partial charge in [-0.15, -0.1) is 0 Å². The Hall–Kier alpha value is -3.47. The second-order valence-corrected chi connectivity index (χ2v) is 6.98. The lowest BCUT2D eigenvalue weighted by Gasteiger charge is -2.30. The number of carbonyl (C=O) groups is 1. The predicted molar refractivity (Wildman–Crippen MR) is 111 cm³/mol. The highest BCUT2D eigenvalue weighted by atomic mass is 16.5. The van der Waals surface area contributed by atoms with E-state index in [0.717, 1.165) is 28.2 Å². The molecule has 29 heavy (non-hydrogen) atoms. The van der Waals surface area contributed by atoms with Gasteiger partial charge in [-0.2, -0.15) is 0 Å². The molecular weight excluding hydrogens is 366 g/mol. The van der Waals surface area contributed by atoms with Gasteiger partial charge in [0.15, 0.2) is 0 Å². The first kappa shape index (κ1) is 18.9. The summed E-state index contributed by atoms with van der Waals surface area (Å²) >= 11 is 0. The summed E-state index contributed by atoms with van der Waals surface area (Å²) in [4.78, 5) is 15.3. The highest BCUT2D eigenvalue weighted by molar-refractivity contribution is 5.89. The van der Waals surface area contributed by atoms with Gasteiger partial charge in [-0.25, -0.2) is 0 Å².